The lowest BCUT2D eigenvalue weighted by Gasteiger charge is -2.12. The van der Waals surface area contributed by atoms with Gasteiger partial charge in [-0.15, -0.1) is 0 Å². The van der Waals surface area contributed by atoms with Gasteiger partial charge in [-0.3, -0.25) is 24.1 Å². The molecule has 0 unspecified atom stereocenters. The van der Waals surface area contributed by atoms with Gasteiger partial charge in [0.2, 0.25) is 0 Å². The predicted molar refractivity (Wildman–Crippen MR) is 101 cm³/mol. The van der Waals surface area contributed by atoms with Gasteiger partial charge in [-0.25, -0.2) is 0 Å². The van der Waals surface area contributed by atoms with Crippen molar-refractivity contribution in [2.75, 3.05) is 13.2 Å². The van der Waals surface area contributed by atoms with Gasteiger partial charge in [-0.1, -0.05) is 51.3 Å². The van der Waals surface area contributed by atoms with E-state index in [0.717, 1.165) is 9.37 Å². The molecule has 1 aliphatic rings. The van der Waals surface area contributed by atoms with E-state index in [1.165, 1.54) is 12.1 Å². The average Bonchev–Trinajstić information content (AvgIpc) is 2.85. The first-order valence-corrected chi connectivity index (χ1v) is 9.12. The highest BCUT2D eigenvalue weighted by Gasteiger charge is 2.37. The lowest BCUT2D eigenvalue weighted by Crippen LogP contribution is -2.36. The first-order chi connectivity index (χ1) is 12.8. The molecule has 0 bridgehead atoms. The summed E-state index contributed by atoms with van der Waals surface area (Å²) in [5.41, 5.74) is 0.497. The number of amides is 2. The molecule has 138 valence electrons. The van der Waals surface area contributed by atoms with Crippen LogP contribution in [-0.2, 0) is 9.53 Å². The van der Waals surface area contributed by atoms with Crippen LogP contribution in [0.3, 0.4) is 0 Å². The summed E-state index contributed by atoms with van der Waals surface area (Å²) in [6, 6.07) is 9.09. The number of ketones is 1. The molecule has 2 aromatic carbocycles. The van der Waals surface area contributed by atoms with Crippen LogP contribution in [0.15, 0.2) is 40.9 Å². The Morgan fingerprint density at radius 1 is 0.963 bits per heavy atom. The predicted octanol–water partition coefficient (Wildman–Crippen LogP) is 3.78. The molecule has 0 atom stereocenters. The Balaban J connectivity index is 1.63. The van der Waals surface area contributed by atoms with Crippen molar-refractivity contribution >= 4 is 62.7 Å². The second kappa shape index (κ2) is 7.80. The van der Waals surface area contributed by atoms with Gasteiger partial charge in [0.1, 0.15) is 6.54 Å². The maximum Gasteiger partial charge on any atom is 0.326 e. The number of fused-ring (bicyclic) bond motifs is 1. The fourth-order valence-corrected chi connectivity index (χ4v) is 3.06. The minimum Gasteiger partial charge on any atom is -0.456 e. The Hall–Kier alpha value is -2.22. The normalized spacial score (nSPS) is 12.9. The van der Waals surface area contributed by atoms with Crippen LogP contribution in [0.4, 0.5) is 0 Å². The average molecular weight is 471 g/mol. The van der Waals surface area contributed by atoms with Crippen LogP contribution >= 0.6 is 39.1 Å². The third kappa shape index (κ3) is 4.05. The molecule has 1 aliphatic heterocycles. The van der Waals surface area contributed by atoms with E-state index in [1.807, 2.05) is 0 Å². The van der Waals surface area contributed by atoms with Crippen molar-refractivity contribution in [1.82, 2.24) is 4.90 Å². The number of carbonyl (C=O) groups is 4. The third-order valence-corrected chi connectivity index (χ3v) is 5.08. The van der Waals surface area contributed by atoms with Crippen molar-refractivity contribution in [2.24, 2.45) is 0 Å². The molecule has 0 aliphatic carbocycles. The number of carbonyl (C=O) groups excluding carboxylic acids is 4. The van der Waals surface area contributed by atoms with Gasteiger partial charge in [0.25, 0.3) is 11.8 Å². The van der Waals surface area contributed by atoms with Gasteiger partial charge in [-0.05, 0) is 24.3 Å². The number of nitrogens with zero attached hydrogens (tertiary/aromatic N) is 1. The first-order valence-electron chi connectivity index (χ1n) is 7.57. The fraction of sp³-hybridized carbons (Fsp3) is 0.111. The van der Waals surface area contributed by atoms with Gasteiger partial charge in [0.15, 0.2) is 12.4 Å². The van der Waals surface area contributed by atoms with Crippen LogP contribution in [0.1, 0.15) is 31.1 Å². The molecule has 0 saturated carbocycles. The summed E-state index contributed by atoms with van der Waals surface area (Å²) in [5, 5.41) is 0.252. The van der Waals surface area contributed by atoms with Gasteiger partial charge < -0.3 is 4.74 Å². The van der Waals surface area contributed by atoms with E-state index in [9.17, 15) is 19.2 Å². The molecule has 9 heteroatoms. The highest BCUT2D eigenvalue weighted by atomic mass is 79.9. The van der Waals surface area contributed by atoms with E-state index in [1.54, 1.807) is 24.3 Å². The number of halogens is 3. The van der Waals surface area contributed by atoms with Crippen LogP contribution in [0.25, 0.3) is 0 Å². The van der Waals surface area contributed by atoms with Crippen molar-refractivity contribution in [3.8, 4) is 0 Å². The summed E-state index contributed by atoms with van der Waals surface area (Å²) < 4.78 is 5.70. The molecule has 0 spiro atoms. The molecule has 0 radical (unpaired) electrons. The van der Waals surface area contributed by atoms with Gasteiger partial charge in [0, 0.05) is 10.0 Å². The van der Waals surface area contributed by atoms with E-state index in [0.29, 0.717) is 5.56 Å². The number of rotatable bonds is 5. The SMILES string of the molecule is O=C(CN1C(=O)c2cc(Cl)c(Cl)cc2C1=O)OCC(=O)c1ccc(Br)cc1. The van der Waals surface area contributed by atoms with Crippen LogP contribution in [0.5, 0.6) is 0 Å². The molecule has 0 saturated heterocycles. The van der Waals surface area contributed by atoms with Gasteiger partial charge in [-0.2, -0.15) is 0 Å². The second-order valence-electron chi connectivity index (χ2n) is 5.60. The molecule has 0 fully saturated rings. The Kier molecular flexibility index (Phi) is 5.64. The number of imide groups is 1. The van der Waals surface area contributed by atoms with E-state index >= 15 is 0 Å². The highest BCUT2D eigenvalue weighted by Crippen LogP contribution is 2.31. The molecule has 3 rings (SSSR count). The third-order valence-electron chi connectivity index (χ3n) is 3.83. The highest BCUT2D eigenvalue weighted by molar-refractivity contribution is 9.10. The van der Waals surface area contributed by atoms with Gasteiger partial charge >= 0.3 is 5.97 Å². The lowest BCUT2D eigenvalue weighted by atomic mass is 10.1. The maximum atomic E-state index is 12.3. The standard InChI is InChI=1S/C18H10BrCl2NO5/c19-10-3-1-9(2-4-10)15(23)8-27-16(24)7-22-17(25)11-5-13(20)14(21)6-12(11)18(22)26/h1-6H,7-8H2. The summed E-state index contributed by atoms with van der Waals surface area (Å²) >= 11 is 15.0. The minimum absolute atomic E-state index is 0.0631. The second-order valence-corrected chi connectivity index (χ2v) is 7.33. The zero-order chi connectivity index (χ0) is 19.7. The quantitative estimate of drug-likeness (QED) is 0.377. The zero-order valence-corrected chi connectivity index (χ0v) is 16.6. The largest absolute Gasteiger partial charge is 0.456 e. The summed E-state index contributed by atoms with van der Waals surface area (Å²) in [5.74, 6) is -2.64. The van der Waals surface area contributed by atoms with Crippen molar-refractivity contribution in [3.05, 3.63) is 67.6 Å². The molecule has 2 amide bonds. The van der Waals surface area contributed by atoms with Crippen LogP contribution in [0.2, 0.25) is 10.0 Å². The number of ether oxygens (including phenoxy) is 1. The number of hydrogen-bond acceptors (Lipinski definition) is 5. The topological polar surface area (TPSA) is 80.8 Å². The molecule has 0 aromatic heterocycles. The Morgan fingerprint density at radius 2 is 1.48 bits per heavy atom. The van der Waals surface area contributed by atoms with Crippen LogP contribution < -0.4 is 0 Å². The molecular formula is C18H10BrCl2NO5. The molecule has 2 aromatic rings. The van der Waals surface area contributed by atoms with Gasteiger partial charge in [0.05, 0.1) is 21.2 Å². The first kappa shape index (κ1) is 19.5. The number of Topliss-reactive ketones (excluding diaryl/α,β-unsaturated/α-hetero) is 1. The van der Waals surface area contributed by atoms with E-state index in [4.69, 9.17) is 27.9 Å². The van der Waals surface area contributed by atoms with Crippen LogP contribution in [-0.4, -0.2) is 41.6 Å². The summed E-state index contributed by atoms with van der Waals surface area (Å²) in [7, 11) is 0. The lowest BCUT2D eigenvalue weighted by molar-refractivity contribution is -0.142. The summed E-state index contributed by atoms with van der Waals surface area (Å²) in [4.78, 5) is 49.4. The smallest absolute Gasteiger partial charge is 0.326 e. The number of benzene rings is 2. The fourth-order valence-electron chi connectivity index (χ4n) is 2.47. The number of hydrogen-bond donors (Lipinski definition) is 0. The van der Waals surface area contributed by atoms with Crippen molar-refractivity contribution in [2.45, 2.75) is 0 Å². The molecule has 0 N–H and O–H groups in total. The summed E-state index contributed by atoms with van der Waals surface area (Å²) in [6.45, 7) is -1.11. The van der Waals surface area contributed by atoms with E-state index < -0.39 is 36.7 Å². The van der Waals surface area contributed by atoms with Crippen LogP contribution in [0, 0.1) is 0 Å². The van der Waals surface area contributed by atoms with E-state index in [2.05, 4.69) is 15.9 Å². The Bertz CT molecular complexity index is 933. The van der Waals surface area contributed by atoms with Crippen molar-refractivity contribution in [1.29, 1.82) is 0 Å². The molecule has 27 heavy (non-hydrogen) atoms. The molecule has 1 heterocycles. The molecular weight excluding hydrogens is 461 g/mol. The zero-order valence-electron chi connectivity index (χ0n) is 13.5. The minimum atomic E-state index is -0.882. The number of esters is 1. The van der Waals surface area contributed by atoms with E-state index in [-0.39, 0.29) is 21.2 Å². The maximum absolute atomic E-state index is 12.3. The summed E-state index contributed by atoms with van der Waals surface area (Å²) in [6.07, 6.45) is 0. The van der Waals surface area contributed by atoms with Crippen molar-refractivity contribution < 1.29 is 23.9 Å². The monoisotopic (exact) mass is 469 g/mol. The molecule has 6 nitrogen and oxygen atoms in total. The van der Waals surface area contributed by atoms with Crippen molar-refractivity contribution in [3.63, 3.8) is 0 Å². The Morgan fingerprint density at radius 3 is 2.00 bits per heavy atom. The Labute approximate surface area is 172 Å².